The van der Waals surface area contributed by atoms with Gasteiger partial charge in [0.15, 0.2) is 0 Å². The number of hydrogen-bond acceptors (Lipinski definition) is 3. The van der Waals surface area contributed by atoms with Crippen molar-refractivity contribution in [2.24, 2.45) is 0 Å². The van der Waals surface area contributed by atoms with Gasteiger partial charge >= 0.3 is 0 Å². The molecule has 2 N–H and O–H groups in total. The van der Waals surface area contributed by atoms with Crippen LogP contribution in [-0.2, 0) is 0 Å². The number of aliphatic hydroxyl groups excluding tert-OH is 1. The third-order valence-electron chi connectivity index (χ3n) is 2.68. The first kappa shape index (κ1) is 14.8. The van der Waals surface area contributed by atoms with Crippen LogP contribution >= 0.6 is 0 Å². The lowest BCUT2D eigenvalue weighted by molar-refractivity contribution is 0.102. The molecule has 0 saturated carbocycles. The number of carbonyl (C=O) groups excluding carboxylic acids is 1. The highest BCUT2D eigenvalue weighted by Crippen LogP contribution is 2.16. The van der Waals surface area contributed by atoms with E-state index in [9.17, 15) is 9.18 Å². The fourth-order valence-electron chi connectivity index (χ4n) is 1.67. The van der Waals surface area contributed by atoms with E-state index in [4.69, 9.17) is 9.52 Å². The maximum Gasteiger partial charge on any atom is 0.258 e. The molecule has 0 aliphatic rings. The van der Waals surface area contributed by atoms with Crippen LogP contribution in [0, 0.1) is 24.6 Å². The molecule has 0 saturated heterocycles. The molecule has 0 spiro atoms. The number of furan rings is 1. The predicted octanol–water partition coefficient (Wildman–Crippen LogP) is 2.71. The highest BCUT2D eigenvalue weighted by atomic mass is 19.1. The van der Waals surface area contributed by atoms with Crippen molar-refractivity contribution < 1.29 is 18.7 Å². The minimum Gasteiger partial charge on any atom is -0.469 e. The van der Waals surface area contributed by atoms with Gasteiger partial charge in [-0.25, -0.2) is 4.39 Å². The number of aryl methyl sites for hydroxylation is 1. The number of halogens is 1. The summed E-state index contributed by atoms with van der Waals surface area (Å²) in [6.07, 6.45) is 1.63. The van der Waals surface area contributed by atoms with E-state index >= 15 is 0 Å². The van der Waals surface area contributed by atoms with E-state index in [-0.39, 0.29) is 24.5 Å². The second-order valence-electron chi connectivity index (χ2n) is 4.37. The van der Waals surface area contributed by atoms with Crippen LogP contribution in [-0.4, -0.2) is 17.6 Å². The average molecular weight is 287 g/mol. The molecule has 108 valence electrons. The van der Waals surface area contributed by atoms with Crippen molar-refractivity contribution in [1.29, 1.82) is 0 Å². The van der Waals surface area contributed by atoms with E-state index in [0.717, 1.165) is 0 Å². The highest BCUT2D eigenvalue weighted by Gasteiger charge is 2.10. The van der Waals surface area contributed by atoms with Crippen LogP contribution in [0.2, 0.25) is 0 Å². The van der Waals surface area contributed by atoms with Crippen molar-refractivity contribution in [2.75, 3.05) is 11.9 Å². The highest BCUT2D eigenvalue weighted by molar-refractivity contribution is 6.04. The summed E-state index contributed by atoms with van der Waals surface area (Å²) in [6, 6.07) is 5.85. The van der Waals surface area contributed by atoms with Crippen LogP contribution in [0.5, 0.6) is 0 Å². The molecule has 0 unspecified atom stereocenters. The summed E-state index contributed by atoms with van der Waals surface area (Å²) in [5, 5.41) is 11.2. The Bertz CT molecular complexity index is 710. The van der Waals surface area contributed by atoms with Crippen LogP contribution in [0.1, 0.15) is 28.1 Å². The fraction of sp³-hybridized carbons (Fsp3) is 0.188. The Morgan fingerprint density at radius 3 is 2.86 bits per heavy atom. The van der Waals surface area contributed by atoms with E-state index in [1.165, 1.54) is 18.4 Å². The van der Waals surface area contributed by atoms with Gasteiger partial charge in [-0.1, -0.05) is 11.8 Å². The molecule has 1 aromatic heterocycles. The third-order valence-corrected chi connectivity index (χ3v) is 2.68. The monoisotopic (exact) mass is 287 g/mol. The quantitative estimate of drug-likeness (QED) is 0.853. The van der Waals surface area contributed by atoms with Gasteiger partial charge in [0.1, 0.15) is 17.8 Å². The first-order valence-electron chi connectivity index (χ1n) is 6.36. The lowest BCUT2D eigenvalue weighted by Crippen LogP contribution is -2.11. The number of rotatable bonds is 3. The SMILES string of the molecule is Cc1cc(C(=O)Nc2ccc(C#CCCO)c(F)c2)co1. The molecule has 0 atom stereocenters. The van der Waals surface area contributed by atoms with Gasteiger partial charge in [0.25, 0.3) is 5.91 Å². The van der Waals surface area contributed by atoms with Crippen molar-refractivity contribution in [3.63, 3.8) is 0 Å². The number of amides is 1. The summed E-state index contributed by atoms with van der Waals surface area (Å²) >= 11 is 0. The third kappa shape index (κ3) is 3.94. The predicted molar refractivity (Wildman–Crippen MR) is 76.4 cm³/mol. The van der Waals surface area contributed by atoms with Crippen LogP contribution < -0.4 is 5.32 Å². The Labute approximate surface area is 121 Å². The molecular weight excluding hydrogens is 273 g/mol. The molecule has 0 aliphatic heterocycles. The van der Waals surface area contributed by atoms with Gasteiger partial charge in [-0.15, -0.1) is 0 Å². The Balaban J connectivity index is 2.10. The van der Waals surface area contributed by atoms with Crippen LogP contribution in [0.25, 0.3) is 0 Å². The molecule has 0 bridgehead atoms. The Kier molecular flexibility index (Phi) is 4.75. The number of carbonyl (C=O) groups is 1. The topological polar surface area (TPSA) is 62.5 Å². The molecule has 0 radical (unpaired) electrons. The zero-order chi connectivity index (χ0) is 15.2. The van der Waals surface area contributed by atoms with Crippen LogP contribution in [0.4, 0.5) is 10.1 Å². The number of anilines is 1. The van der Waals surface area contributed by atoms with Crippen molar-refractivity contribution in [2.45, 2.75) is 13.3 Å². The Morgan fingerprint density at radius 1 is 1.43 bits per heavy atom. The van der Waals surface area contributed by atoms with Crippen LogP contribution in [0.3, 0.4) is 0 Å². The summed E-state index contributed by atoms with van der Waals surface area (Å²) in [7, 11) is 0. The van der Waals surface area contributed by atoms with Gasteiger partial charge in [0.05, 0.1) is 17.7 Å². The standard InChI is InChI=1S/C16H14FNO3/c1-11-8-13(10-21-11)16(20)18-14-6-5-12(15(17)9-14)4-2-3-7-19/h5-6,8-10,19H,3,7H2,1H3,(H,18,20). The maximum absolute atomic E-state index is 13.8. The Hall–Kier alpha value is -2.58. The molecule has 4 nitrogen and oxygen atoms in total. The van der Waals surface area contributed by atoms with Crippen molar-refractivity contribution in [1.82, 2.24) is 0 Å². The van der Waals surface area contributed by atoms with Gasteiger partial charge in [-0.3, -0.25) is 4.79 Å². The molecule has 2 rings (SSSR count). The van der Waals surface area contributed by atoms with Gasteiger partial charge in [-0.2, -0.15) is 0 Å². The normalized spacial score (nSPS) is 9.86. The van der Waals surface area contributed by atoms with Gasteiger partial charge in [0, 0.05) is 12.1 Å². The molecule has 5 heteroatoms. The summed E-state index contributed by atoms with van der Waals surface area (Å²) in [5.41, 5.74) is 0.935. The van der Waals surface area contributed by atoms with E-state index in [1.54, 1.807) is 19.1 Å². The lowest BCUT2D eigenvalue weighted by atomic mass is 10.2. The maximum atomic E-state index is 13.8. The van der Waals surface area contributed by atoms with Gasteiger partial charge in [0.2, 0.25) is 0 Å². The molecule has 0 fully saturated rings. The summed E-state index contributed by atoms with van der Waals surface area (Å²) in [4.78, 5) is 11.9. The van der Waals surface area contributed by atoms with E-state index in [0.29, 0.717) is 17.0 Å². The Morgan fingerprint density at radius 2 is 2.24 bits per heavy atom. The first-order chi connectivity index (χ1) is 10.1. The molecule has 2 aromatic rings. The van der Waals surface area contributed by atoms with Gasteiger partial charge in [-0.05, 0) is 31.2 Å². The summed E-state index contributed by atoms with van der Waals surface area (Å²) in [6.45, 7) is 1.67. The van der Waals surface area contributed by atoms with Crippen molar-refractivity contribution >= 4 is 11.6 Å². The second kappa shape index (κ2) is 6.73. The molecule has 1 heterocycles. The smallest absolute Gasteiger partial charge is 0.258 e. The van der Waals surface area contributed by atoms with E-state index < -0.39 is 5.82 Å². The van der Waals surface area contributed by atoms with Crippen molar-refractivity contribution in [3.05, 3.63) is 53.2 Å². The van der Waals surface area contributed by atoms with Gasteiger partial charge < -0.3 is 14.8 Å². The number of benzene rings is 1. The molecule has 1 aromatic carbocycles. The zero-order valence-corrected chi connectivity index (χ0v) is 11.4. The van der Waals surface area contributed by atoms with E-state index in [1.807, 2.05) is 0 Å². The average Bonchev–Trinajstić information content (AvgIpc) is 2.88. The molecule has 0 aliphatic carbocycles. The largest absolute Gasteiger partial charge is 0.469 e. The summed E-state index contributed by atoms with van der Waals surface area (Å²) in [5.74, 6) is 4.99. The lowest BCUT2D eigenvalue weighted by Gasteiger charge is -2.04. The minimum absolute atomic E-state index is 0.0626. The number of hydrogen-bond donors (Lipinski definition) is 2. The van der Waals surface area contributed by atoms with E-state index in [2.05, 4.69) is 17.2 Å². The molecular formula is C16H14FNO3. The molecule has 1 amide bonds. The number of aliphatic hydroxyl groups is 1. The van der Waals surface area contributed by atoms with Crippen LogP contribution in [0.15, 0.2) is 34.9 Å². The zero-order valence-electron chi connectivity index (χ0n) is 11.4. The van der Waals surface area contributed by atoms with Crippen molar-refractivity contribution in [3.8, 4) is 11.8 Å². The minimum atomic E-state index is -0.526. The summed E-state index contributed by atoms with van der Waals surface area (Å²) < 4.78 is 18.8. The first-order valence-corrected chi connectivity index (χ1v) is 6.36. The number of nitrogens with one attached hydrogen (secondary N) is 1. The second-order valence-corrected chi connectivity index (χ2v) is 4.37. The molecule has 21 heavy (non-hydrogen) atoms. The fourth-order valence-corrected chi connectivity index (χ4v) is 1.67.